The molecule has 0 aliphatic rings. The van der Waals surface area contributed by atoms with Crippen molar-refractivity contribution in [3.8, 4) is 5.75 Å². The highest BCUT2D eigenvalue weighted by molar-refractivity contribution is 7.98. The van der Waals surface area contributed by atoms with Crippen LogP contribution in [-0.4, -0.2) is 36.6 Å². The second-order valence-electron chi connectivity index (χ2n) is 7.22. The zero-order valence-electron chi connectivity index (χ0n) is 17.9. The van der Waals surface area contributed by atoms with E-state index < -0.39 is 0 Å². The van der Waals surface area contributed by atoms with Crippen LogP contribution < -0.4 is 10.1 Å². The third kappa shape index (κ3) is 6.36. The number of nitrogens with zero attached hydrogens (tertiary/aromatic N) is 1. The van der Waals surface area contributed by atoms with Gasteiger partial charge in [-0.2, -0.15) is 0 Å². The fourth-order valence-corrected chi connectivity index (χ4v) is 3.69. The summed E-state index contributed by atoms with van der Waals surface area (Å²) in [5.74, 6) is 0.123. The Morgan fingerprint density at radius 2 is 1.77 bits per heavy atom. The number of hydrogen-bond donors (Lipinski definition) is 1. The first kappa shape index (κ1) is 22.4. The summed E-state index contributed by atoms with van der Waals surface area (Å²) in [5.41, 5.74) is 3.45. The molecule has 3 rings (SSSR count). The van der Waals surface area contributed by atoms with Gasteiger partial charge in [-0.05, 0) is 49.1 Å². The molecule has 0 radical (unpaired) electrons. The average Bonchev–Trinajstić information content (AvgIpc) is 2.77. The number of rotatable bonds is 8. The smallest absolute Gasteiger partial charge is 0.254 e. The molecule has 1 N–H and O–H groups in total. The van der Waals surface area contributed by atoms with Crippen LogP contribution in [0.2, 0.25) is 0 Å². The van der Waals surface area contributed by atoms with Crippen molar-refractivity contribution in [3.05, 3.63) is 89.5 Å². The highest BCUT2D eigenvalue weighted by Gasteiger charge is 2.16. The van der Waals surface area contributed by atoms with Crippen LogP contribution in [0, 0.1) is 6.92 Å². The predicted octanol–water partition coefficient (Wildman–Crippen LogP) is 5.01. The molecule has 0 saturated carbocycles. The maximum Gasteiger partial charge on any atom is 0.254 e. The molecule has 0 spiro atoms. The first-order valence-electron chi connectivity index (χ1n) is 9.93. The summed E-state index contributed by atoms with van der Waals surface area (Å²) >= 11 is 1.56. The number of thioether (sulfide) groups is 1. The van der Waals surface area contributed by atoms with Gasteiger partial charge >= 0.3 is 0 Å². The summed E-state index contributed by atoms with van der Waals surface area (Å²) in [6, 6.07) is 22.7. The van der Waals surface area contributed by atoms with Gasteiger partial charge in [0.1, 0.15) is 12.4 Å². The van der Waals surface area contributed by atoms with Gasteiger partial charge in [-0.25, -0.2) is 0 Å². The molecule has 0 aromatic heterocycles. The normalized spacial score (nSPS) is 10.4. The van der Waals surface area contributed by atoms with E-state index in [1.54, 1.807) is 37.0 Å². The van der Waals surface area contributed by atoms with Crippen molar-refractivity contribution < 1.29 is 14.3 Å². The number of carbonyl (C=O) groups is 2. The predicted molar refractivity (Wildman–Crippen MR) is 126 cm³/mol. The van der Waals surface area contributed by atoms with Gasteiger partial charge in [0.05, 0.1) is 12.2 Å². The highest BCUT2D eigenvalue weighted by atomic mass is 32.2. The van der Waals surface area contributed by atoms with Gasteiger partial charge < -0.3 is 15.0 Å². The van der Waals surface area contributed by atoms with E-state index in [-0.39, 0.29) is 18.4 Å². The third-order valence-electron chi connectivity index (χ3n) is 4.68. The monoisotopic (exact) mass is 434 g/mol. The molecule has 0 atom stereocenters. The Kier molecular flexibility index (Phi) is 7.73. The van der Waals surface area contributed by atoms with Crippen LogP contribution in [0.5, 0.6) is 5.75 Å². The molecule has 0 unspecified atom stereocenters. The van der Waals surface area contributed by atoms with Crippen LogP contribution in [0.15, 0.2) is 77.7 Å². The minimum atomic E-state index is -0.246. The van der Waals surface area contributed by atoms with Gasteiger partial charge in [0.2, 0.25) is 5.91 Å². The topological polar surface area (TPSA) is 58.6 Å². The van der Waals surface area contributed by atoms with Gasteiger partial charge in [-0.1, -0.05) is 48.0 Å². The lowest BCUT2D eigenvalue weighted by molar-refractivity contribution is -0.116. The third-order valence-corrected chi connectivity index (χ3v) is 5.47. The van der Waals surface area contributed by atoms with Gasteiger partial charge in [0.15, 0.2) is 0 Å². The van der Waals surface area contributed by atoms with Crippen LogP contribution in [-0.2, 0) is 11.4 Å². The molecule has 6 heteroatoms. The second kappa shape index (κ2) is 10.7. The molecule has 0 aliphatic carbocycles. The van der Waals surface area contributed by atoms with E-state index in [1.165, 1.54) is 10.5 Å². The molecule has 0 aliphatic heterocycles. The van der Waals surface area contributed by atoms with Crippen molar-refractivity contribution in [2.24, 2.45) is 0 Å². The number of para-hydroxylation sites is 1. The molecule has 0 saturated heterocycles. The van der Waals surface area contributed by atoms with Crippen LogP contribution in [0.3, 0.4) is 0 Å². The molecule has 3 aromatic carbocycles. The fourth-order valence-electron chi connectivity index (χ4n) is 3.13. The minimum absolute atomic E-state index is 0.0457. The lowest BCUT2D eigenvalue weighted by Gasteiger charge is -2.18. The summed E-state index contributed by atoms with van der Waals surface area (Å²) in [4.78, 5) is 27.6. The van der Waals surface area contributed by atoms with Gasteiger partial charge in [0.25, 0.3) is 5.91 Å². The van der Waals surface area contributed by atoms with Crippen molar-refractivity contribution in [2.75, 3.05) is 25.2 Å². The van der Waals surface area contributed by atoms with Crippen LogP contribution in [0.4, 0.5) is 5.69 Å². The summed E-state index contributed by atoms with van der Waals surface area (Å²) in [6.07, 6.45) is 1.95. The van der Waals surface area contributed by atoms with Crippen molar-refractivity contribution >= 4 is 29.3 Å². The first-order valence-corrected chi connectivity index (χ1v) is 11.2. The van der Waals surface area contributed by atoms with E-state index in [1.807, 2.05) is 61.7 Å². The maximum absolute atomic E-state index is 12.8. The molecule has 0 heterocycles. The summed E-state index contributed by atoms with van der Waals surface area (Å²) < 4.78 is 5.85. The molecular formula is C25H26N2O3S. The summed E-state index contributed by atoms with van der Waals surface area (Å²) in [7, 11) is 1.61. The number of anilines is 1. The van der Waals surface area contributed by atoms with E-state index in [0.29, 0.717) is 17.9 Å². The number of nitrogens with one attached hydrogen (secondary N) is 1. The highest BCUT2D eigenvalue weighted by Crippen LogP contribution is 2.24. The van der Waals surface area contributed by atoms with Crippen molar-refractivity contribution in [1.82, 2.24) is 4.90 Å². The fraction of sp³-hybridized carbons (Fsp3) is 0.200. The number of aryl methyl sites for hydroxylation is 1. The molecule has 3 aromatic rings. The van der Waals surface area contributed by atoms with Crippen molar-refractivity contribution in [2.45, 2.75) is 18.4 Å². The Hall–Kier alpha value is -3.25. The van der Waals surface area contributed by atoms with Gasteiger partial charge in [-0.15, -0.1) is 11.8 Å². The molecule has 5 nitrogen and oxygen atoms in total. The quantitative estimate of drug-likeness (QED) is 0.507. The van der Waals surface area contributed by atoms with Crippen LogP contribution in [0.1, 0.15) is 21.5 Å². The Bertz CT molecular complexity index is 1070. The van der Waals surface area contributed by atoms with Crippen molar-refractivity contribution in [1.29, 1.82) is 0 Å². The first-order chi connectivity index (χ1) is 15.0. The summed E-state index contributed by atoms with van der Waals surface area (Å²) in [6.45, 7) is 2.41. The number of hydrogen-bond acceptors (Lipinski definition) is 4. The SMILES string of the molecule is CSc1ccccc1NC(=O)CN(C)C(=O)c1cccc(OCc2cccc(C)c2)c1. The van der Waals surface area contributed by atoms with Gasteiger partial charge in [-0.3, -0.25) is 9.59 Å². The van der Waals surface area contributed by atoms with E-state index in [4.69, 9.17) is 4.74 Å². The van der Waals surface area contributed by atoms with Gasteiger partial charge in [0, 0.05) is 17.5 Å². The maximum atomic E-state index is 12.8. The summed E-state index contributed by atoms with van der Waals surface area (Å²) in [5, 5.41) is 2.87. The lowest BCUT2D eigenvalue weighted by Crippen LogP contribution is -2.35. The van der Waals surface area contributed by atoms with E-state index in [9.17, 15) is 9.59 Å². The number of likely N-dealkylation sites (N-methyl/N-ethyl adjacent to an activating group) is 1. The Balaban J connectivity index is 1.60. The second-order valence-corrected chi connectivity index (χ2v) is 8.06. The van der Waals surface area contributed by atoms with Crippen LogP contribution in [0.25, 0.3) is 0 Å². The van der Waals surface area contributed by atoms with Crippen LogP contribution >= 0.6 is 11.8 Å². The Labute approximate surface area is 187 Å². The standard InChI is InChI=1S/C25H26N2O3S/c1-18-8-6-9-19(14-18)17-30-21-11-7-10-20(15-21)25(29)27(2)16-24(28)26-22-12-4-5-13-23(22)31-3/h4-15H,16-17H2,1-3H3,(H,26,28). The number of ether oxygens (including phenoxy) is 1. The van der Waals surface area contributed by atoms with E-state index >= 15 is 0 Å². The average molecular weight is 435 g/mol. The Morgan fingerprint density at radius 1 is 1.00 bits per heavy atom. The molecule has 31 heavy (non-hydrogen) atoms. The molecular weight excluding hydrogens is 408 g/mol. The molecule has 160 valence electrons. The lowest BCUT2D eigenvalue weighted by atomic mass is 10.1. The zero-order valence-corrected chi connectivity index (χ0v) is 18.7. The number of benzene rings is 3. The van der Waals surface area contributed by atoms with E-state index in [2.05, 4.69) is 11.4 Å². The minimum Gasteiger partial charge on any atom is -0.489 e. The van der Waals surface area contributed by atoms with Crippen molar-refractivity contribution in [3.63, 3.8) is 0 Å². The zero-order chi connectivity index (χ0) is 22.2. The number of amides is 2. The largest absolute Gasteiger partial charge is 0.489 e. The molecule has 0 fully saturated rings. The van der Waals surface area contributed by atoms with E-state index in [0.717, 1.165) is 16.1 Å². The molecule has 0 bridgehead atoms. The number of carbonyl (C=O) groups excluding carboxylic acids is 2. The Morgan fingerprint density at radius 3 is 2.55 bits per heavy atom. The molecule has 2 amide bonds.